The summed E-state index contributed by atoms with van der Waals surface area (Å²) in [6.07, 6.45) is 4.50. The summed E-state index contributed by atoms with van der Waals surface area (Å²) in [5.74, 6) is -2.81. The molecule has 6 aliphatic rings. The summed E-state index contributed by atoms with van der Waals surface area (Å²) in [6, 6.07) is 20.2. The summed E-state index contributed by atoms with van der Waals surface area (Å²) in [5, 5.41) is 14.8. The largest absolute Gasteiger partial charge is 0.385 e. The number of likely N-dealkylation sites (tertiary alicyclic amines) is 2. The van der Waals surface area contributed by atoms with Crippen molar-refractivity contribution < 1.29 is 46.7 Å². The lowest BCUT2D eigenvalue weighted by Crippen LogP contribution is -2.61. The van der Waals surface area contributed by atoms with Crippen LogP contribution in [-0.4, -0.2) is 157 Å². The number of hydrogen-bond donors (Lipinski definition) is 5. The third kappa shape index (κ3) is 11.1. The third-order valence-electron chi connectivity index (χ3n) is 14.3. The molecule has 3 aromatic rings. The van der Waals surface area contributed by atoms with Gasteiger partial charge in [0.15, 0.2) is 0 Å². The van der Waals surface area contributed by atoms with E-state index in [0.717, 1.165) is 66.9 Å². The number of rotatable bonds is 17. The highest BCUT2D eigenvalue weighted by molar-refractivity contribution is 8.00. The lowest BCUT2D eigenvalue weighted by molar-refractivity contribution is -0.136. The van der Waals surface area contributed by atoms with Gasteiger partial charge >= 0.3 is 0 Å². The van der Waals surface area contributed by atoms with Gasteiger partial charge in [0.05, 0.1) is 36.5 Å². The van der Waals surface area contributed by atoms with Gasteiger partial charge < -0.3 is 30.5 Å². The molecule has 7 amide bonds. The van der Waals surface area contributed by atoms with E-state index in [0.29, 0.717) is 37.3 Å². The number of thioether (sulfide) groups is 1. The Morgan fingerprint density at radius 2 is 1.66 bits per heavy atom. The number of sulfonamides is 1. The molecule has 5 saturated heterocycles. The van der Waals surface area contributed by atoms with Crippen molar-refractivity contribution in [2.45, 2.75) is 68.8 Å². The highest BCUT2D eigenvalue weighted by Crippen LogP contribution is 2.41. The maximum absolute atomic E-state index is 13.7. The van der Waals surface area contributed by atoms with E-state index in [4.69, 9.17) is 4.74 Å². The smallest absolute Gasteiger partial charge is 0.262 e. The summed E-state index contributed by atoms with van der Waals surface area (Å²) in [7, 11) is -3.45. The molecule has 21 heteroatoms. The number of fused-ring (bicyclic) bond motifs is 1. The Kier molecular flexibility index (Phi) is 14.7. The summed E-state index contributed by atoms with van der Waals surface area (Å²) >= 11 is 1.55. The number of hydrogen-bond acceptors (Lipinski definition) is 14. The molecule has 372 valence electrons. The maximum atomic E-state index is 13.7. The zero-order valence-corrected chi connectivity index (χ0v) is 40.7. The van der Waals surface area contributed by atoms with Crippen LogP contribution in [0.25, 0.3) is 0 Å². The lowest BCUT2D eigenvalue weighted by Gasteiger charge is -2.54. The van der Waals surface area contributed by atoms with Crippen LogP contribution >= 0.6 is 11.8 Å². The molecule has 19 nitrogen and oxygen atoms in total. The van der Waals surface area contributed by atoms with Crippen LogP contribution in [0.15, 0.2) is 72.8 Å². The van der Waals surface area contributed by atoms with Gasteiger partial charge in [-0.15, -0.1) is 11.8 Å². The first kappa shape index (κ1) is 49.3. The van der Waals surface area contributed by atoms with Gasteiger partial charge in [-0.25, -0.2) is 12.7 Å². The quantitative estimate of drug-likeness (QED) is 0.0961. The topological polar surface area (TPSA) is 236 Å². The van der Waals surface area contributed by atoms with Crippen LogP contribution in [-0.2, 0) is 40.5 Å². The number of piperidine rings is 2. The van der Waals surface area contributed by atoms with Gasteiger partial charge in [0, 0.05) is 67.6 Å². The van der Waals surface area contributed by atoms with Crippen molar-refractivity contribution in [1.82, 2.24) is 40.3 Å². The van der Waals surface area contributed by atoms with Gasteiger partial charge in [-0.05, 0) is 93.2 Å². The van der Waals surface area contributed by atoms with Crippen LogP contribution in [0.4, 0.5) is 5.69 Å². The van der Waals surface area contributed by atoms with Gasteiger partial charge in [-0.2, -0.15) is 0 Å². The van der Waals surface area contributed by atoms with Gasteiger partial charge in [-0.1, -0.05) is 42.5 Å². The van der Waals surface area contributed by atoms with E-state index >= 15 is 0 Å². The highest BCUT2D eigenvalue weighted by Gasteiger charge is 2.47. The Morgan fingerprint density at radius 1 is 0.914 bits per heavy atom. The second kappa shape index (κ2) is 20.9. The fourth-order valence-electron chi connectivity index (χ4n) is 10.2. The van der Waals surface area contributed by atoms with Gasteiger partial charge in [0.1, 0.15) is 17.6 Å². The fourth-order valence-corrected chi connectivity index (χ4v) is 12.2. The van der Waals surface area contributed by atoms with Crippen molar-refractivity contribution in [3.63, 3.8) is 0 Å². The normalized spacial score (nSPS) is 24.0. The number of carbonyl (C=O) groups is 7. The van der Waals surface area contributed by atoms with E-state index < -0.39 is 63.5 Å². The number of benzene rings is 3. The molecule has 5 atom stereocenters. The van der Waals surface area contributed by atoms with E-state index in [2.05, 4.69) is 31.5 Å². The molecule has 3 aromatic carbocycles. The van der Waals surface area contributed by atoms with Crippen molar-refractivity contribution in [2.75, 3.05) is 76.3 Å². The summed E-state index contributed by atoms with van der Waals surface area (Å²) in [6.45, 7) is 5.12. The van der Waals surface area contributed by atoms with E-state index in [-0.39, 0.29) is 73.1 Å². The zero-order chi connectivity index (χ0) is 49.2. The summed E-state index contributed by atoms with van der Waals surface area (Å²) in [5.41, 5.74) is 3.39. The second-order valence-electron chi connectivity index (χ2n) is 19.2. The molecular formula is C49H59N9O10S2. The minimum Gasteiger partial charge on any atom is -0.385 e. The molecule has 0 aromatic heterocycles. The number of anilines is 1. The molecule has 1 spiro atoms. The average Bonchev–Trinajstić information content (AvgIpc) is 4.09. The molecular weight excluding hydrogens is 939 g/mol. The van der Waals surface area contributed by atoms with Gasteiger partial charge in [-0.3, -0.25) is 49.1 Å². The molecule has 6 heterocycles. The minimum absolute atomic E-state index is 0.0263. The first-order chi connectivity index (χ1) is 33.6. The molecule has 0 saturated carbocycles. The lowest BCUT2D eigenvalue weighted by atomic mass is 9.71. The van der Waals surface area contributed by atoms with Crippen LogP contribution in [0, 0.1) is 11.3 Å². The SMILES string of the molecule is CS(=O)(=O)N1CCC(C(=O)N[C@@H](COCc2ccc(C(=O)N3CC4(CCN(CCCNc5ccc6c(c5)C(=O)N(C5CCC(=O)NC5=O)C6=O)CC4)C3)cc2)C(=O)NC2NC(c3ccccc3)CS2)C1. The van der Waals surface area contributed by atoms with E-state index in [9.17, 15) is 42.0 Å². The molecule has 5 N–H and O–H groups in total. The molecule has 0 aliphatic carbocycles. The molecule has 0 bridgehead atoms. The Morgan fingerprint density at radius 3 is 2.37 bits per heavy atom. The van der Waals surface area contributed by atoms with Crippen molar-refractivity contribution in [3.8, 4) is 0 Å². The average molecular weight is 998 g/mol. The predicted molar refractivity (Wildman–Crippen MR) is 259 cm³/mol. The number of amides is 7. The Bertz CT molecular complexity index is 2620. The van der Waals surface area contributed by atoms with Gasteiger partial charge in [0.25, 0.3) is 17.7 Å². The van der Waals surface area contributed by atoms with Gasteiger partial charge in [0.2, 0.25) is 33.7 Å². The van der Waals surface area contributed by atoms with Crippen LogP contribution in [0.2, 0.25) is 0 Å². The number of imide groups is 2. The number of ether oxygens (including phenoxy) is 1. The Balaban J connectivity index is 0.696. The molecule has 5 fully saturated rings. The molecule has 70 heavy (non-hydrogen) atoms. The summed E-state index contributed by atoms with van der Waals surface area (Å²) in [4.78, 5) is 96.1. The highest BCUT2D eigenvalue weighted by atomic mass is 32.2. The summed E-state index contributed by atoms with van der Waals surface area (Å²) < 4.78 is 31.5. The monoisotopic (exact) mass is 997 g/mol. The Labute approximate surface area is 411 Å². The van der Waals surface area contributed by atoms with E-state index in [1.807, 2.05) is 47.4 Å². The maximum Gasteiger partial charge on any atom is 0.262 e. The molecule has 4 unspecified atom stereocenters. The first-order valence-corrected chi connectivity index (χ1v) is 26.8. The van der Waals surface area contributed by atoms with E-state index in [1.54, 1.807) is 42.1 Å². The number of nitrogens with zero attached hydrogens (tertiary/aromatic N) is 4. The van der Waals surface area contributed by atoms with Crippen LogP contribution < -0.4 is 26.6 Å². The number of nitrogens with one attached hydrogen (secondary N) is 5. The third-order valence-corrected chi connectivity index (χ3v) is 16.7. The Hall–Kier alpha value is -5.71. The van der Waals surface area contributed by atoms with Crippen molar-refractivity contribution in [3.05, 3.63) is 101 Å². The fraction of sp³-hybridized carbons (Fsp3) is 0.490. The van der Waals surface area contributed by atoms with Crippen molar-refractivity contribution in [2.24, 2.45) is 11.3 Å². The molecule has 6 aliphatic heterocycles. The minimum atomic E-state index is -3.45. The second-order valence-corrected chi connectivity index (χ2v) is 22.3. The van der Waals surface area contributed by atoms with Crippen LogP contribution in [0.3, 0.4) is 0 Å². The standard InChI is InChI=1S/C49H59N9O10S2/c1-70(66,67)57-21-16-34(25-57)42(60)51-38(43(61)54-48-52-39(28-69-48)32-6-3-2-4-7-32)27-68-26-31-8-10-33(11-9-31)45(63)56-29-49(30-56)17-22-55(23-18-49)20-5-19-50-35-12-13-36-37(24-35)47(65)58(46(36)64)40-14-15-41(59)53-44(40)62/h2-4,6-13,24,34,38-40,48,50,52H,5,14-23,25-30H2,1H3,(H,51,60)(H,54,61)(H,53,59,62)/t34?,38-,39?,40?,48?/m0/s1. The van der Waals surface area contributed by atoms with Crippen LogP contribution in [0.1, 0.15) is 86.8 Å². The predicted octanol–water partition coefficient (Wildman–Crippen LogP) is 1.89. The van der Waals surface area contributed by atoms with Crippen molar-refractivity contribution in [1.29, 1.82) is 0 Å². The first-order valence-electron chi connectivity index (χ1n) is 23.9. The molecule has 0 radical (unpaired) electrons. The number of carbonyl (C=O) groups excluding carboxylic acids is 7. The zero-order valence-electron chi connectivity index (χ0n) is 39.0. The van der Waals surface area contributed by atoms with E-state index in [1.165, 1.54) is 4.31 Å². The van der Waals surface area contributed by atoms with Crippen molar-refractivity contribution >= 4 is 68.8 Å². The molecule has 9 rings (SSSR count). The van der Waals surface area contributed by atoms with Crippen LogP contribution in [0.5, 0.6) is 0 Å².